The molecule has 0 fully saturated rings. The molecule has 0 saturated carbocycles. The summed E-state index contributed by atoms with van der Waals surface area (Å²) in [5, 5.41) is 3.37. The summed E-state index contributed by atoms with van der Waals surface area (Å²) in [6.45, 7) is 2.69. The number of benzene rings is 2. The quantitative estimate of drug-likeness (QED) is 0.742. The van der Waals surface area contributed by atoms with E-state index in [-0.39, 0.29) is 16.8 Å². The molecule has 1 atom stereocenters. The molecule has 1 aliphatic rings. The highest BCUT2D eigenvalue weighted by Crippen LogP contribution is 2.25. The molecule has 0 saturated heterocycles. The standard InChI is InChI=1S/C20H23ClN2O3S/c1-2-9-22-20(24)11-14-3-4-15-12-18(13-16(15)10-14)23-27(25,26)19-7-5-17(21)6-8-19/h3-8,10,18,23H,2,9,11-13H2,1H3,(H,22,24). The summed E-state index contributed by atoms with van der Waals surface area (Å²) in [5.74, 6) is 0.00906. The Labute approximate surface area is 165 Å². The summed E-state index contributed by atoms with van der Waals surface area (Å²) < 4.78 is 27.9. The average Bonchev–Trinajstić information content (AvgIpc) is 3.01. The van der Waals surface area contributed by atoms with Crippen LogP contribution in [0.25, 0.3) is 0 Å². The number of hydrogen-bond acceptors (Lipinski definition) is 3. The van der Waals surface area contributed by atoms with E-state index in [1.807, 2.05) is 25.1 Å². The van der Waals surface area contributed by atoms with Gasteiger partial charge >= 0.3 is 0 Å². The topological polar surface area (TPSA) is 75.3 Å². The van der Waals surface area contributed by atoms with Gasteiger partial charge < -0.3 is 5.32 Å². The van der Waals surface area contributed by atoms with Crippen molar-refractivity contribution in [1.82, 2.24) is 10.0 Å². The van der Waals surface area contributed by atoms with E-state index in [4.69, 9.17) is 11.6 Å². The van der Waals surface area contributed by atoms with Crippen molar-refractivity contribution in [2.45, 2.75) is 43.5 Å². The Morgan fingerprint density at radius 1 is 1.11 bits per heavy atom. The van der Waals surface area contributed by atoms with Crippen molar-refractivity contribution in [3.8, 4) is 0 Å². The first-order chi connectivity index (χ1) is 12.9. The van der Waals surface area contributed by atoms with Crippen LogP contribution in [-0.2, 0) is 34.1 Å². The molecular weight excluding hydrogens is 384 g/mol. The van der Waals surface area contributed by atoms with E-state index in [1.165, 1.54) is 12.1 Å². The molecule has 144 valence electrons. The molecule has 0 aromatic heterocycles. The number of hydrogen-bond donors (Lipinski definition) is 2. The minimum absolute atomic E-state index is 0.00906. The van der Waals surface area contributed by atoms with Crippen molar-refractivity contribution in [2.24, 2.45) is 0 Å². The summed E-state index contributed by atoms with van der Waals surface area (Å²) in [7, 11) is -3.59. The second-order valence-corrected chi connectivity index (χ2v) is 8.96. The van der Waals surface area contributed by atoms with Gasteiger partial charge in [-0.1, -0.05) is 36.7 Å². The van der Waals surface area contributed by atoms with E-state index < -0.39 is 10.0 Å². The maximum atomic E-state index is 12.6. The summed E-state index contributed by atoms with van der Waals surface area (Å²) >= 11 is 5.83. The van der Waals surface area contributed by atoms with Crippen molar-refractivity contribution in [3.63, 3.8) is 0 Å². The van der Waals surface area contributed by atoms with E-state index in [2.05, 4.69) is 10.0 Å². The van der Waals surface area contributed by atoms with Gasteiger partial charge in [-0.25, -0.2) is 13.1 Å². The zero-order chi connectivity index (χ0) is 19.4. The van der Waals surface area contributed by atoms with Gasteiger partial charge in [0.05, 0.1) is 11.3 Å². The van der Waals surface area contributed by atoms with Gasteiger partial charge in [-0.2, -0.15) is 0 Å². The Hall–Kier alpha value is -1.89. The normalized spacial score (nSPS) is 16.1. The molecule has 7 heteroatoms. The highest BCUT2D eigenvalue weighted by Gasteiger charge is 2.26. The molecule has 0 bridgehead atoms. The third-order valence-corrected chi connectivity index (χ3v) is 6.37. The molecule has 2 aromatic rings. The molecule has 2 aromatic carbocycles. The average molecular weight is 407 g/mol. The van der Waals surface area contributed by atoms with Crippen LogP contribution in [0.1, 0.15) is 30.0 Å². The van der Waals surface area contributed by atoms with Crippen LogP contribution in [0.5, 0.6) is 0 Å². The molecule has 0 heterocycles. The van der Waals surface area contributed by atoms with Crippen LogP contribution >= 0.6 is 11.6 Å². The third-order valence-electron chi connectivity index (χ3n) is 4.59. The fraction of sp³-hybridized carbons (Fsp3) is 0.350. The smallest absolute Gasteiger partial charge is 0.240 e. The lowest BCUT2D eigenvalue weighted by molar-refractivity contribution is -0.120. The maximum Gasteiger partial charge on any atom is 0.240 e. The minimum Gasteiger partial charge on any atom is -0.356 e. The van der Waals surface area contributed by atoms with Crippen LogP contribution < -0.4 is 10.0 Å². The molecule has 2 N–H and O–H groups in total. The molecule has 1 aliphatic carbocycles. The minimum atomic E-state index is -3.59. The van der Waals surface area contributed by atoms with Gasteiger partial charge in [0, 0.05) is 17.6 Å². The number of fused-ring (bicyclic) bond motifs is 1. The van der Waals surface area contributed by atoms with Crippen molar-refractivity contribution < 1.29 is 13.2 Å². The Morgan fingerprint density at radius 3 is 2.52 bits per heavy atom. The molecule has 0 aliphatic heterocycles. The zero-order valence-electron chi connectivity index (χ0n) is 15.2. The van der Waals surface area contributed by atoms with E-state index in [0.29, 0.717) is 30.8 Å². The molecule has 5 nitrogen and oxygen atoms in total. The molecule has 1 amide bonds. The third kappa shape index (κ3) is 5.09. The first-order valence-corrected chi connectivity index (χ1v) is 10.9. The van der Waals surface area contributed by atoms with Crippen molar-refractivity contribution in [1.29, 1.82) is 0 Å². The number of amides is 1. The molecule has 0 spiro atoms. The largest absolute Gasteiger partial charge is 0.356 e. The summed E-state index contributed by atoms with van der Waals surface area (Å²) in [5.41, 5.74) is 3.17. The Bertz CT molecular complexity index is 927. The van der Waals surface area contributed by atoms with E-state index >= 15 is 0 Å². The number of carbonyl (C=O) groups is 1. The number of sulfonamides is 1. The van der Waals surface area contributed by atoms with Crippen LogP contribution in [0, 0.1) is 0 Å². The van der Waals surface area contributed by atoms with E-state index in [9.17, 15) is 13.2 Å². The van der Waals surface area contributed by atoms with Gasteiger partial charge in [0.25, 0.3) is 0 Å². The van der Waals surface area contributed by atoms with Gasteiger partial charge in [0.2, 0.25) is 15.9 Å². The number of nitrogens with one attached hydrogen (secondary N) is 2. The predicted octanol–water partition coefficient (Wildman–Crippen LogP) is 2.85. The fourth-order valence-corrected chi connectivity index (χ4v) is 4.64. The van der Waals surface area contributed by atoms with Crippen LogP contribution in [0.3, 0.4) is 0 Å². The summed E-state index contributed by atoms with van der Waals surface area (Å²) in [4.78, 5) is 12.1. The van der Waals surface area contributed by atoms with Gasteiger partial charge in [-0.05, 0) is 60.2 Å². The maximum absolute atomic E-state index is 12.6. The fourth-order valence-electron chi connectivity index (χ4n) is 3.28. The van der Waals surface area contributed by atoms with Crippen LogP contribution in [0.4, 0.5) is 0 Å². The Balaban J connectivity index is 1.65. The molecule has 1 unspecified atom stereocenters. The SMILES string of the molecule is CCCNC(=O)Cc1ccc2c(c1)CC(NS(=O)(=O)c1ccc(Cl)cc1)C2. The first-order valence-electron chi connectivity index (χ1n) is 9.02. The second-order valence-electron chi connectivity index (χ2n) is 6.81. The highest BCUT2D eigenvalue weighted by atomic mass is 35.5. The lowest BCUT2D eigenvalue weighted by Crippen LogP contribution is -2.35. The van der Waals surface area contributed by atoms with Gasteiger partial charge in [0.1, 0.15) is 0 Å². The molecule has 27 heavy (non-hydrogen) atoms. The first kappa shape index (κ1) is 19.9. The van der Waals surface area contributed by atoms with Crippen molar-refractivity contribution in [2.75, 3.05) is 6.54 Å². The van der Waals surface area contributed by atoms with E-state index in [0.717, 1.165) is 23.1 Å². The lowest BCUT2D eigenvalue weighted by Gasteiger charge is -2.12. The molecule has 3 rings (SSSR count). The molecular formula is C20H23ClN2O3S. The lowest BCUT2D eigenvalue weighted by atomic mass is 10.0. The van der Waals surface area contributed by atoms with Gasteiger partial charge in [0.15, 0.2) is 0 Å². The number of halogens is 1. The summed E-state index contributed by atoms with van der Waals surface area (Å²) in [6.07, 6.45) is 2.51. The van der Waals surface area contributed by atoms with Crippen molar-refractivity contribution >= 4 is 27.5 Å². The monoisotopic (exact) mass is 406 g/mol. The van der Waals surface area contributed by atoms with Crippen LogP contribution in [-0.4, -0.2) is 26.9 Å². The van der Waals surface area contributed by atoms with Gasteiger partial charge in [-0.15, -0.1) is 0 Å². The number of carbonyl (C=O) groups excluding carboxylic acids is 1. The Kier molecular flexibility index (Phi) is 6.19. The van der Waals surface area contributed by atoms with E-state index in [1.54, 1.807) is 12.1 Å². The molecule has 0 radical (unpaired) electrons. The van der Waals surface area contributed by atoms with Gasteiger partial charge in [-0.3, -0.25) is 4.79 Å². The summed E-state index contributed by atoms with van der Waals surface area (Å²) in [6, 6.07) is 11.9. The highest BCUT2D eigenvalue weighted by molar-refractivity contribution is 7.89. The van der Waals surface area contributed by atoms with Crippen LogP contribution in [0.2, 0.25) is 5.02 Å². The predicted molar refractivity (Wildman–Crippen MR) is 106 cm³/mol. The zero-order valence-corrected chi connectivity index (χ0v) is 16.7. The van der Waals surface area contributed by atoms with Crippen LogP contribution in [0.15, 0.2) is 47.4 Å². The Morgan fingerprint density at radius 2 is 1.81 bits per heavy atom. The van der Waals surface area contributed by atoms with Crippen molar-refractivity contribution in [3.05, 3.63) is 64.2 Å². The number of rotatable bonds is 7. The second kappa shape index (κ2) is 8.42.